The smallest absolute Gasteiger partial charge is 0.253 e. The number of nitrogens with zero attached hydrogens (tertiary/aromatic N) is 1. The van der Waals surface area contributed by atoms with Crippen molar-refractivity contribution in [2.75, 3.05) is 36.9 Å². The van der Waals surface area contributed by atoms with Crippen LogP contribution in [0.4, 0.5) is 11.4 Å². The van der Waals surface area contributed by atoms with Gasteiger partial charge >= 0.3 is 0 Å². The topological polar surface area (TPSA) is 70.7 Å². The predicted molar refractivity (Wildman–Crippen MR) is 115 cm³/mol. The molecule has 0 aliphatic carbocycles. The monoisotopic (exact) mass is 393 g/mol. The third kappa shape index (κ3) is 6.10. The normalized spacial score (nSPS) is 13.4. The summed E-state index contributed by atoms with van der Waals surface area (Å²) in [6.45, 7) is 5.75. The zero-order valence-electron chi connectivity index (χ0n) is 16.5. The molecule has 1 aliphatic rings. The Bertz CT molecular complexity index is 860. The van der Waals surface area contributed by atoms with Gasteiger partial charge in [0.15, 0.2) is 0 Å². The van der Waals surface area contributed by atoms with Crippen LogP contribution in [-0.4, -0.2) is 43.0 Å². The number of nitrogens with one attached hydrogen (secondary N) is 2. The lowest BCUT2D eigenvalue weighted by Gasteiger charge is -2.26. The van der Waals surface area contributed by atoms with Crippen LogP contribution in [0.25, 0.3) is 0 Å². The van der Waals surface area contributed by atoms with Gasteiger partial charge in [-0.1, -0.05) is 24.8 Å². The van der Waals surface area contributed by atoms with E-state index in [4.69, 9.17) is 4.74 Å². The van der Waals surface area contributed by atoms with Gasteiger partial charge in [0, 0.05) is 36.1 Å². The molecule has 3 rings (SSSR count). The Morgan fingerprint density at radius 2 is 1.79 bits per heavy atom. The predicted octanol–water partition coefficient (Wildman–Crippen LogP) is 3.93. The summed E-state index contributed by atoms with van der Waals surface area (Å²) in [5.41, 5.74) is 2.04. The van der Waals surface area contributed by atoms with Gasteiger partial charge < -0.3 is 20.3 Å². The van der Waals surface area contributed by atoms with Gasteiger partial charge in [0.25, 0.3) is 5.91 Å². The number of anilines is 2. The first kappa shape index (κ1) is 20.5. The minimum atomic E-state index is -0.182. The molecule has 0 unspecified atom stereocenters. The molecule has 1 aliphatic heterocycles. The van der Waals surface area contributed by atoms with E-state index in [0.717, 1.165) is 31.6 Å². The van der Waals surface area contributed by atoms with Crippen LogP contribution in [0, 0.1) is 0 Å². The second-order valence-electron chi connectivity index (χ2n) is 6.96. The molecule has 29 heavy (non-hydrogen) atoms. The number of amides is 2. The Balaban J connectivity index is 1.53. The quantitative estimate of drug-likeness (QED) is 0.667. The van der Waals surface area contributed by atoms with Gasteiger partial charge in [-0.15, -0.1) is 0 Å². The van der Waals surface area contributed by atoms with E-state index in [2.05, 4.69) is 17.2 Å². The fourth-order valence-corrected chi connectivity index (χ4v) is 3.25. The van der Waals surface area contributed by atoms with Crippen molar-refractivity contribution in [3.63, 3.8) is 0 Å². The maximum Gasteiger partial charge on any atom is 0.253 e. The molecule has 6 heteroatoms. The summed E-state index contributed by atoms with van der Waals surface area (Å²) in [5, 5.41) is 5.92. The van der Waals surface area contributed by atoms with Crippen molar-refractivity contribution in [3.8, 4) is 5.75 Å². The SMILES string of the molecule is C=CCOc1cccc(NC(=O)CNc2cccc(C(=O)N3CCCCC3)c2)c1. The van der Waals surface area contributed by atoms with Crippen LogP contribution in [0.15, 0.2) is 61.2 Å². The molecule has 2 amide bonds. The molecule has 1 fully saturated rings. The average Bonchev–Trinajstić information content (AvgIpc) is 2.77. The van der Waals surface area contributed by atoms with Crippen LogP contribution in [0.2, 0.25) is 0 Å². The Morgan fingerprint density at radius 1 is 1.03 bits per heavy atom. The summed E-state index contributed by atoms with van der Waals surface area (Å²) in [6.07, 6.45) is 4.97. The van der Waals surface area contributed by atoms with Crippen molar-refractivity contribution >= 4 is 23.2 Å². The highest BCUT2D eigenvalue weighted by molar-refractivity contribution is 5.96. The molecule has 6 nitrogen and oxygen atoms in total. The molecular weight excluding hydrogens is 366 g/mol. The van der Waals surface area contributed by atoms with Crippen LogP contribution >= 0.6 is 0 Å². The molecule has 152 valence electrons. The number of hydrogen-bond acceptors (Lipinski definition) is 4. The molecule has 0 spiro atoms. The van der Waals surface area contributed by atoms with Gasteiger partial charge in [0.05, 0.1) is 6.54 Å². The molecular formula is C23H27N3O3. The van der Waals surface area contributed by atoms with Gasteiger partial charge in [0.1, 0.15) is 12.4 Å². The Hall–Kier alpha value is -3.28. The number of likely N-dealkylation sites (tertiary alicyclic amines) is 1. The number of carbonyl (C=O) groups is 2. The molecule has 2 aromatic rings. The lowest BCUT2D eigenvalue weighted by Crippen LogP contribution is -2.35. The standard InChI is InChI=1S/C23H27N3O3/c1-2-14-29-21-11-7-10-20(16-21)25-22(27)17-24-19-9-6-8-18(15-19)23(28)26-12-4-3-5-13-26/h2,6-11,15-16,24H,1,3-5,12-14,17H2,(H,25,27). The number of ether oxygens (including phenoxy) is 1. The molecule has 0 radical (unpaired) electrons. The number of piperidine rings is 1. The Morgan fingerprint density at radius 3 is 2.59 bits per heavy atom. The van der Waals surface area contributed by atoms with Crippen LogP contribution in [0.3, 0.4) is 0 Å². The average molecular weight is 393 g/mol. The first-order valence-corrected chi connectivity index (χ1v) is 9.92. The maximum atomic E-state index is 12.6. The zero-order chi connectivity index (χ0) is 20.5. The van der Waals surface area contributed by atoms with E-state index in [1.54, 1.807) is 24.3 Å². The highest BCUT2D eigenvalue weighted by Crippen LogP contribution is 2.18. The molecule has 0 bridgehead atoms. The molecule has 0 atom stereocenters. The largest absolute Gasteiger partial charge is 0.489 e. The number of hydrogen-bond donors (Lipinski definition) is 2. The third-order valence-electron chi connectivity index (χ3n) is 4.69. The number of rotatable bonds is 8. The second-order valence-corrected chi connectivity index (χ2v) is 6.96. The summed E-state index contributed by atoms with van der Waals surface area (Å²) in [4.78, 5) is 26.8. The molecule has 0 saturated carbocycles. The van der Waals surface area contributed by atoms with Crippen molar-refractivity contribution in [3.05, 3.63) is 66.7 Å². The first-order chi connectivity index (χ1) is 14.2. The minimum Gasteiger partial charge on any atom is -0.489 e. The number of carbonyl (C=O) groups excluding carboxylic acids is 2. The van der Waals surface area contributed by atoms with E-state index in [9.17, 15) is 9.59 Å². The van der Waals surface area contributed by atoms with Crippen molar-refractivity contribution in [2.24, 2.45) is 0 Å². The van der Waals surface area contributed by atoms with Gasteiger partial charge in [-0.25, -0.2) is 0 Å². The molecule has 2 aromatic carbocycles. The van der Waals surface area contributed by atoms with Crippen molar-refractivity contribution in [1.82, 2.24) is 4.90 Å². The summed E-state index contributed by atoms with van der Waals surface area (Å²) in [6, 6.07) is 14.5. The summed E-state index contributed by atoms with van der Waals surface area (Å²) in [7, 11) is 0. The van der Waals surface area contributed by atoms with E-state index < -0.39 is 0 Å². The van der Waals surface area contributed by atoms with Crippen LogP contribution < -0.4 is 15.4 Å². The minimum absolute atomic E-state index is 0.0501. The lowest BCUT2D eigenvalue weighted by atomic mass is 10.1. The summed E-state index contributed by atoms with van der Waals surface area (Å²) >= 11 is 0. The van der Waals surface area contributed by atoms with Gasteiger partial charge in [0.2, 0.25) is 5.91 Å². The highest BCUT2D eigenvalue weighted by Gasteiger charge is 2.18. The van der Waals surface area contributed by atoms with Gasteiger partial charge in [-0.05, 0) is 49.6 Å². The van der Waals surface area contributed by atoms with E-state index >= 15 is 0 Å². The summed E-state index contributed by atoms with van der Waals surface area (Å²) in [5.74, 6) is 0.535. The zero-order valence-corrected chi connectivity index (χ0v) is 16.5. The van der Waals surface area contributed by atoms with Crippen LogP contribution in [-0.2, 0) is 4.79 Å². The maximum absolute atomic E-state index is 12.6. The second kappa shape index (κ2) is 10.3. The summed E-state index contributed by atoms with van der Waals surface area (Å²) < 4.78 is 5.47. The molecule has 0 aromatic heterocycles. The van der Waals surface area contributed by atoms with E-state index in [-0.39, 0.29) is 18.4 Å². The van der Waals surface area contributed by atoms with Crippen molar-refractivity contribution in [2.45, 2.75) is 19.3 Å². The Kier molecular flexibility index (Phi) is 7.28. The van der Waals surface area contributed by atoms with E-state index in [1.165, 1.54) is 6.42 Å². The van der Waals surface area contributed by atoms with Gasteiger partial charge in [-0.2, -0.15) is 0 Å². The van der Waals surface area contributed by atoms with E-state index in [1.807, 2.05) is 35.2 Å². The van der Waals surface area contributed by atoms with E-state index in [0.29, 0.717) is 23.6 Å². The van der Waals surface area contributed by atoms with Crippen molar-refractivity contribution < 1.29 is 14.3 Å². The lowest BCUT2D eigenvalue weighted by molar-refractivity contribution is -0.114. The Labute approximate surface area is 171 Å². The fourth-order valence-electron chi connectivity index (χ4n) is 3.25. The third-order valence-corrected chi connectivity index (χ3v) is 4.69. The molecule has 1 heterocycles. The van der Waals surface area contributed by atoms with Crippen LogP contribution in [0.5, 0.6) is 5.75 Å². The number of benzene rings is 2. The fraction of sp³-hybridized carbons (Fsp3) is 0.304. The first-order valence-electron chi connectivity index (χ1n) is 9.92. The van der Waals surface area contributed by atoms with Crippen LogP contribution in [0.1, 0.15) is 29.6 Å². The molecule has 1 saturated heterocycles. The molecule has 2 N–H and O–H groups in total. The highest BCUT2D eigenvalue weighted by atomic mass is 16.5. The van der Waals surface area contributed by atoms with Gasteiger partial charge in [-0.3, -0.25) is 9.59 Å². The van der Waals surface area contributed by atoms with Crippen molar-refractivity contribution in [1.29, 1.82) is 0 Å².